The molecule has 0 spiro atoms. The Morgan fingerprint density at radius 2 is 1.65 bits per heavy atom. The van der Waals surface area contributed by atoms with Crippen LogP contribution in [0.3, 0.4) is 0 Å². The summed E-state index contributed by atoms with van der Waals surface area (Å²) in [6.07, 6.45) is 0. The van der Waals surface area contributed by atoms with E-state index in [0.717, 1.165) is 28.6 Å². The van der Waals surface area contributed by atoms with Crippen LogP contribution >= 0.6 is 0 Å². The lowest BCUT2D eigenvalue weighted by atomic mass is 10.0. The number of para-hydroxylation sites is 2. The zero-order chi connectivity index (χ0) is 18.5. The van der Waals surface area contributed by atoms with Crippen molar-refractivity contribution < 1.29 is 4.74 Å². The van der Waals surface area contributed by atoms with Gasteiger partial charge < -0.3 is 15.4 Å². The van der Waals surface area contributed by atoms with Crippen LogP contribution in [-0.4, -0.2) is 17.1 Å². The van der Waals surface area contributed by atoms with E-state index in [-0.39, 0.29) is 0 Å². The lowest BCUT2D eigenvalue weighted by molar-refractivity contribution is 0.417. The number of hydrogen-bond donors (Lipinski definition) is 2. The first-order chi connectivity index (χ1) is 12.5. The summed E-state index contributed by atoms with van der Waals surface area (Å²) in [6, 6.07) is 18.0. The minimum Gasteiger partial charge on any atom is -0.495 e. The molecule has 1 heterocycles. The molecular weight excluding hydrogens is 324 g/mol. The number of anilines is 4. The Bertz CT molecular complexity index is 875. The quantitative estimate of drug-likeness (QED) is 0.624. The number of aromatic nitrogens is 2. The molecule has 0 atom stereocenters. The van der Waals surface area contributed by atoms with Gasteiger partial charge in [-0.3, -0.25) is 0 Å². The second-order valence-corrected chi connectivity index (χ2v) is 6.45. The van der Waals surface area contributed by atoms with Crippen molar-refractivity contribution in [1.82, 2.24) is 9.97 Å². The van der Waals surface area contributed by atoms with E-state index >= 15 is 0 Å². The van der Waals surface area contributed by atoms with E-state index < -0.39 is 0 Å². The summed E-state index contributed by atoms with van der Waals surface area (Å²) in [5.41, 5.74) is 4.01. The van der Waals surface area contributed by atoms with Crippen LogP contribution in [0.25, 0.3) is 0 Å². The van der Waals surface area contributed by atoms with Gasteiger partial charge in [-0.15, -0.1) is 0 Å². The second-order valence-electron chi connectivity index (χ2n) is 6.45. The molecule has 0 aliphatic heterocycles. The maximum Gasteiger partial charge on any atom is 0.229 e. The standard InChI is InChI=1S/C21H24N4O/c1-14(2)16-9-11-17(12-10-16)23-20-13-15(3)22-21(25-20)24-18-7-5-6-8-19(18)26-4/h5-14H,1-4H3,(H2,22,23,24,25). The molecular formula is C21H24N4O. The van der Waals surface area contributed by atoms with E-state index in [1.807, 2.05) is 37.3 Å². The van der Waals surface area contributed by atoms with Crippen molar-refractivity contribution in [3.8, 4) is 5.75 Å². The molecule has 2 aromatic carbocycles. The normalized spacial score (nSPS) is 10.7. The van der Waals surface area contributed by atoms with Crippen molar-refractivity contribution in [3.63, 3.8) is 0 Å². The molecule has 26 heavy (non-hydrogen) atoms. The zero-order valence-corrected chi connectivity index (χ0v) is 15.6. The van der Waals surface area contributed by atoms with Crippen molar-refractivity contribution in [1.29, 1.82) is 0 Å². The topological polar surface area (TPSA) is 59.1 Å². The number of nitrogens with one attached hydrogen (secondary N) is 2. The first-order valence-electron chi connectivity index (χ1n) is 8.68. The van der Waals surface area contributed by atoms with Crippen molar-refractivity contribution in [2.24, 2.45) is 0 Å². The molecule has 0 amide bonds. The fraction of sp³-hybridized carbons (Fsp3) is 0.238. The van der Waals surface area contributed by atoms with Gasteiger partial charge in [0.05, 0.1) is 12.8 Å². The predicted molar refractivity (Wildman–Crippen MR) is 107 cm³/mol. The number of benzene rings is 2. The Labute approximate surface area is 154 Å². The highest BCUT2D eigenvalue weighted by molar-refractivity contribution is 5.64. The fourth-order valence-corrected chi connectivity index (χ4v) is 2.66. The Balaban J connectivity index is 1.81. The van der Waals surface area contributed by atoms with Crippen molar-refractivity contribution >= 4 is 23.1 Å². The number of methoxy groups -OCH3 is 1. The second kappa shape index (κ2) is 7.87. The summed E-state index contributed by atoms with van der Waals surface area (Å²) in [5.74, 6) is 2.53. The average Bonchev–Trinajstić information content (AvgIpc) is 2.62. The molecule has 5 nitrogen and oxygen atoms in total. The molecule has 0 bridgehead atoms. The third kappa shape index (κ3) is 4.30. The molecule has 5 heteroatoms. The van der Waals surface area contributed by atoms with Gasteiger partial charge in [-0.05, 0) is 42.7 Å². The van der Waals surface area contributed by atoms with E-state index in [1.165, 1.54) is 5.56 Å². The third-order valence-corrected chi connectivity index (χ3v) is 4.06. The molecule has 0 saturated carbocycles. The number of rotatable bonds is 6. The van der Waals surface area contributed by atoms with Crippen molar-refractivity contribution in [2.45, 2.75) is 26.7 Å². The van der Waals surface area contributed by atoms with E-state index in [4.69, 9.17) is 4.74 Å². The van der Waals surface area contributed by atoms with Crippen LogP contribution in [0.4, 0.5) is 23.1 Å². The summed E-state index contributed by atoms with van der Waals surface area (Å²) >= 11 is 0. The first kappa shape index (κ1) is 17.7. The smallest absolute Gasteiger partial charge is 0.229 e. The van der Waals surface area contributed by atoms with Crippen LogP contribution in [-0.2, 0) is 0 Å². The van der Waals surface area contributed by atoms with Crippen LogP contribution in [0.2, 0.25) is 0 Å². The van der Waals surface area contributed by atoms with Crippen LogP contribution in [0.5, 0.6) is 5.75 Å². The van der Waals surface area contributed by atoms with Crippen LogP contribution in [0.15, 0.2) is 54.6 Å². The van der Waals surface area contributed by atoms with Gasteiger partial charge in [-0.1, -0.05) is 38.1 Å². The molecule has 0 radical (unpaired) electrons. The Kier molecular flexibility index (Phi) is 5.37. The molecule has 0 aliphatic rings. The SMILES string of the molecule is COc1ccccc1Nc1nc(C)cc(Nc2ccc(C(C)C)cc2)n1. The van der Waals surface area contributed by atoms with E-state index in [2.05, 4.69) is 58.7 Å². The number of hydrogen-bond acceptors (Lipinski definition) is 5. The maximum atomic E-state index is 5.37. The summed E-state index contributed by atoms with van der Waals surface area (Å²) in [6.45, 7) is 6.32. The molecule has 1 aromatic heterocycles. The van der Waals surface area contributed by atoms with Crippen LogP contribution in [0, 0.1) is 6.92 Å². The summed E-state index contributed by atoms with van der Waals surface area (Å²) in [7, 11) is 1.64. The van der Waals surface area contributed by atoms with E-state index in [1.54, 1.807) is 7.11 Å². The average molecular weight is 348 g/mol. The molecule has 0 saturated heterocycles. The monoisotopic (exact) mass is 348 g/mol. The minimum absolute atomic E-state index is 0.516. The van der Waals surface area contributed by atoms with Gasteiger partial charge in [-0.25, -0.2) is 4.98 Å². The molecule has 3 aromatic rings. The lowest BCUT2D eigenvalue weighted by Gasteiger charge is -2.12. The summed E-state index contributed by atoms with van der Waals surface area (Å²) < 4.78 is 5.37. The van der Waals surface area contributed by atoms with Crippen molar-refractivity contribution in [2.75, 3.05) is 17.7 Å². The van der Waals surface area contributed by atoms with Gasteiger partial charge in [-0.2, -0.15) is 4.98 Å². The Hall–Kier alpha value is -3.08. The molecule has 0 unspecified atom stereocenters. The van der Waals surface area contributed by atoms with Crippen LogP contribution in [0.1, 0.15) is 31.0 Å². The van der Waals surface area contributed by atoms with Gasteiger partial charge in [0.1, 0.15) is 11.6 Å². The fourth-order valence-electron chi connectivity index (χ4n) is 2.66. The predicted octanol–water partition coefficient (Wildman–Crippen LogP) is 5.40. The summed E-state index contributed by atoms with van der Waals surface area (Å²) in [5, 5.41) is 6.57. The lowest BCUT2D eigenvalue weighted by Crippen LogP contribution is -2.03. The zero-order valence-electron chi connectivity index (χ0n) is 15.6. The van der Waals surface area contributed by atoms with Gasteiger partial charge in [0.15, 0.2) is 0 Å². The summed E-state index contributed by atoms with van der Waals surface area (Å²) in [4.78, 5) is 9.03. The molecule has 3 rings (SSSR count). The number of nitrogens with zero attached hydrogens (tertiary/aromatic N) is 2. The van der Waals surface area contributed by atoms with E-state index in [9.17, 15) is 0 Å². The van der Waals surface area contributed by atoms with Gasteiger partial charge in [0.25, 0.3) is 0 Å². The van der Waals surface area contributed by atoms with Gasteiger partial charge in [0, 0.05) is 17.4 Å². The highest BCUT2D eigenvalue weighted by Crippen LogP contribution is 2.27. The first-order valence-corrected chi connectivity index (χ1v) is 8.68. The van der Waals surface area contributed by atoms with Crippen molar-refractivity contribution in [3.05, 3.63) is 65.9 Å². The molecule has 2 N–H and O–H groups in total. The van der Waals surface area contributed by atoms with Crippen LogP contribution < -0.4 is 15.4 Å². The Morgan fingerprint density at radius 3 is 2.35 bits per heavy atom. The van der Waals surface area contributed by atoms with Gasteiger partial charge >= 0.3 is 0 Å². The molecule has 0 fully saturated rings. The molecule has 134 valence electrons. The highest BCUT2D eigenvalue weighted by atomic mass is 16.5. The third-order valence-electron chi connectivity index (χ3n) is 4.06. The molecule has 0 aliphatic carbocycles. The maximum absolute atomic E-state index is 5.37. The van der Waals surface area contributed by atoms with Gasteiger partial charge in [0.2, 0.25) is 5.95 Å². The van der Waals surface area contributed by atoms with E-state index in [0.29, 0.717) is 11.9 Å². The number of aryl methyl sites for hydroxylation is 1. The Morgan fingerprint density at radius 1 is 0.923 bits per heavy atom. The largest absolute Gasteiger partial charge is 0.495 e. The number of ether oxygens (including phenoxy) is 1. The minimum atomic E-state index is 0.516. The highest BCUT2D eigenvalue weighted by Gasteiger charge is 2.07.